The number of ether oxygens (including phenoxy) is 1. The van der Waals surface area contributed by atoms with Gasteiger partial charge in [0.2, 0.25) is 5.88 Å². The highest BCUT2D eigenvalue weighted by Crippen LogP contribution is 2.30. The summed E-state index contributed by atoms with van der Waals surface area (Å²) in [6, 6.07) is 13.6. The fourth-order valence-electron chi connectivity index (χ4n) is 1.43. The Hall–Kier alpha value is -1.68. The third-order valence-corrected chi connectivity index (χ3v) is 3.04. The van der Waals surface area contributed by atoms with Crippen LogP contribution in [-0.2, 0) is 0 Å². The van der Waals surface area contributed by atoms with Crippen LogP contribution >= 0.6 is 11.8 Å². The molecule has 3 nitrogen and oxygen atoms in total. The lowest BCUT2D eigenvalue weighted by Gasteiger charge is -2.09. The fourth-order valence-corrected chi connectivity index (χ4v) is 1.95. The van der Waals surface area contributed by atoms with Crippen LogP contribution < -0.4 is 10.1 Å². The van der Waals surface area contributed by atoms with Gasteiger partial charge >= 0.3 is 0 Å². The topological polar surface area (TPSA) is 34.1 Å². The van der Waals surface area contributed by atoms with Gasteiger partial charge in [0.05, 0.1) is 0 Å². The zero-order valence-electron chi connectivity index (χ0n) is 9.81. The van der Waals surface area contributed by atoms with Crippen LogP contribution in [0, 0.1) is 0 Å². The Labute approximate surface area is 105 Å². The lowest BCUT2D eigenvalue weighted by molar-refractivity contribution is 0.453. The molecule has 1 N–H and O–H groups in total. The van der Waals surface area contributed by atoms with Crippen LogP contribution in [0.4, 0.5) is 5.82 Å². The first-order valence-electron chi connectivity index (χ1n) is 5.29. The maximum Gasteiger partial charge on any atom is 0.221 e. The van der Waals surface area contributed by atoms with Gasteiger partial charge in [0.1, 0.15) is 11.6 Å². The molecule has 0 aliphatic carbocycles. The van der Waals surface area contributed by atoms with Crippen LogP contribution in [0.25, 0.3) is 0 Å². The van der Waals surface area contributed by atoms with Gasteiger partial charge in [-0.25, -0.2) is 0 Å². The van der Waals surface area contributed by atoms with E-state index in [0.29, 0.717) is 5.88 Å². The number of nitrogens with one attached hydrogen (secondary N) is 1. The van der Waals surface area contributed by atoms with Crippen LogP contribution in [-0.4, -0.2) is 18.3 Å². The van der Waals surface area contributed by atoms with Crippen molar-refractivity contribution < 1.29 is 4.74 Å². The van der Waals surface area contributed by atoms with Gasteiger partial charge < -0.3 is 10.1 Å². The summed E-state index contributed by atoms with van der Waals surface area (Å²) in [6.45, 7) is 0. The van der Waals surface area contributed by atoms with Gasteiger partial charge in [0.15, 0.2) is 0 Å². The molecule has 0 saturated carbocycles. The van der Waals surface area contributed by atoms with Crippen molar-refractivity contribution in [2.45, 2.75) is 4.90 Å². The second-order valence-corrected chi connectivity index (χ2v) is 4.21. The largest absolute Gasteiger partial charge is 0.438 e. The van der Waals surface area contributed by atoms with E-state index in [0.717, 1.165) is 16.5 Å². The molecule has 0 atom stereocenters. The first-order chi connectivity index (χ1) is 8.33. The minimum Gasteiger partial charge on any atom is -0.438 e. The van der Waals surface area contributed by atoms with Crippen molar-refractivity contribution in [3.63, 3.8) is 0 Å². The number of rotatable bonds is 4. The molecule has 17 heavy (non-hydrogen) atoms. The van der Waals surface area contributed by atoms with E-state index < -0.39 is 0 Å². The summed E-state index contributed by atoms with van der Waals surface area (Å²) in [4.78, 5) is 5.42. The molecule has 1 aromatic carbocycles. The molecule has 0 aliphatic heterocycles. The molecular weight excluding hydrogens is 232 g/mol. The molecule has 2 rings (SSSR count). The Bertz CT molecular complexity index is 502. The molecule has 0 bridgehead atoms. The summed E-state index contributed by atoms with van der Waals surface area (Å²) in [7, 11) is 1.84. The predicted octanol–water partition coefficient (Wildman–Crippen LogP) is 3.64. The first-order valence-corrected chi connectivity index (χ1v) is 6.51. The predicted molar refractivity (Wildman–Crippen MR) is 72.1 cm³/mol. The van der Waals surface area contributed by atoms with Gasteiger partial charge in [-0.1, -0.05) is 18.2 Å². The number of anilines is 1. The fraction of sp³-hybridized carbons (Fsp3) is 0.154. The highest BCUT2D eigenvalue weighted by Gasteiger charge is 2.04. The Morgan fingerprint density at radius 3 is 2.71 bits per heavy atom. The maximum absolute atomic E-state index is 5.77. The highest BCUT2D eigenvalue weighted by atomic mass is 32.2. The van der Waals surface area contributed by atoms with Crippen LogP contribution in [0.1, 0.15) is 0 Å². The average molecular weight is 246 g/mol. The van der Waals surface area contributed by atoms with Gasteiger partial charge in [-0.3, -0.25) is 0 Å². The monoisotopic (exact) mass is 246 g/mol. The number of hydrogen-bond donors (Lipinski definition) is 1. The number of nitrogens with zero attached hydrogens (tertiary/aromatic N) is 1. The molecule has 1 heterocycles. The van der Waals surface area contributed by atoms with Crippen molar-refractivity contribution in [2.24, 2.45) is 0 Å². The summed E-state index contributed by atoms with van der Waals surface area (Å²) in [5, 5.41) is 2.99. The molecule has 0 amide bonds. The van der Waals surface area contributed by atoms with E-state index in [4.69, 9.17) is 4.74 Å². The molecule has 0 unspecified atom stereocenters. The summed E-state index contributed by atoms with van der Waals surface area (Å²) in [6.07, 6.45) is 2.03. The number of pyridine rings is 1. The molecule has 0 fully saturated rings. The van der Waals surface area contributed by atoms with E-state index >= 15 is 0 Å². The summed E-state index contributed by atoms with van der Waals surface area (Å²) < 4.78 is 5.77. The smallest absolute Gasteiger partial charge is 0.221 e. The van der Waals surface area contributed by atoms with E-state index in [1.54, 1.807) is 11.8 Å². The Kier molecular flexibility index (Phi) is 3.88. The van der Waals surface area contributed by atoms with Crippen molar-refractivity contribution in [2.75, 3.05) is 18.6 Å². The minimum atomic E-state index is 0.596. The van der Waals surface area contributed by atoms with E-state index in [1.807, 2.05) is 55.8 Å². The Morgan fingerprint density at radius 2 is 1.94 bits per heavy atom. The number of para-hydroxylation sites is 1. The van der Waals surface area contributed by atoms with Crippen molar-refractivity contribution in [1.82, 2.24) is 4.98 Å². The number of hydrogen-bond acceptors (Lipinski definition) is 4. The molecule has 0 aliphatic rings. The molecule has 4 heteroatoms. The average Bonchev–Trinajstić information content (AvgIpc) is 2.39. The lowest BCUT2D eigenvalue weighted by Crippen LogP contribution is -1.94. The molecule has 1 aromatic heterocycles. The molecule has 88 valence electrons. The van der Waals surface area contributed by atoms with Crippen molar-refractivity contribution in [3.05, 3.63) is 42.5 Å². The molecule has 0 spiro atoms. The minimum absolute atomic E-state index is 0.596. The highest BCUT2D eigenvalue weighted by molar-refractivity contribution is 7.98. The van der Waals surface area contributed by atoms with Gasteiger partial charge in [-0.15, -0.1) is 11.8 Å². The second-order valence-electron chi connectivity index (χ2n) is 3.36. The third-order valence-electron chi connectivity index (χ3n) is 2.26. The number of thioether (sulfide) groups is 1. The standard InChI is InChI=1S/C13H14N2OS/c1-14-12-8-5-9-13(15-12)16-10-6-3-4-7-11(10)17-2/h3-9H,1-2H3,(H,14,15). The quantitative estimate of drug-likeness (QED) is 0.835. The first kappa shape index (κ1) is 11.8. The Morgan fingerprint density at radius 1 is 1.12 bits per heavy atom. The third kappa shape index (κ3) is 2.91. The zero-order chi connectivity index (χ0) is 12.1. The molecule has 2 aromatic rings. The second kappa shape index (κ2) is 5.59. The van der Waals surface area contributed by atoms with Gasteiger partial charge in [0.25, 0.3) is 0 Å². The van der Waals surface area contributed by atoms with E-state index in [9.17, 15) is 0 Å². The van der Waals surface area contributed by atoms with E-state index in [1.165, 1.54) is 0 Å². The molecule has 0 saturated heterocycles. The van der Waals surface area contributed by atoms with Crippen LogP contribution in [0.2, 0.25) is 0 Å². The number of benzene rings is 1. The SMILES string of the molecule is CNc1cccc(Oc2ccccc2SC)n1. The Balaban J connectivity index is 2.24. The lowest BCUT2D eigenvalue weighted by atomic mass is 10.3. The van der Waals surface area contributed by atoms with Gasteiger partial charge in [0, 0.05) is 18.0 Å². The molecule has 0 radical (unpaired) electrons. The van der Waals surface area contributed by atoms with Crippen molar-refractivity contribution in [1.29, 1.82) is 0 Å². The number of aromatic nitrogens is 1. The summed E-state index contributed by atoms with van der Waals surface area (Å²) in [5.74, 6) is 2.23. The molecular formula is C13H14N2OS. The van der Waals surface area contributed by atoms with Crippen LogP contribution in [0.15, 0.2) is 47.4 Å². The van der Waals surface area contributed by atoms with Crippen molar-refractivity contribution >= 4 is 17.6 Å². The van der Waals surface area contributed by atoms with Gasteiger partial charge in [-0.2, -0.15) is 4.98 Å². The summed E-state index contributed by atoms with van der Waals surface area (Å²) in [5.41, 5.74) is 0. The van der Waals surface area contributed by atoms with Crippen molar-refractivity contribution in [3.8, 4) is 11.6 Å². The van der Waals surface area contributed by atoms with Crippen LogP contribution in [0.5, 0.6) is 11.6 Å². The normalized spacial score (nSPS) is 10.0. The summed E-state index contributed by atoms with van der Waals surface area (Å²) >= 11 is 1.66. The van der Waals surface area contributed by atoms with E-state index in [2.05, 4.69) is 10.3 Å². The van der Waals surface area contributed by atoms with Crippen LogP contribution in [0.3, 0.4) is 0 Å². The van der Waals surface area contributed by atoms with Gasteiger partial charge in [-0.05, 0) is 24.5 Å². The van der Waals surface area contributed by atoms with E-state index in [-0.39, 0.29) is 0 Å². The maximum atomic E-state index is 5.77. The zero-order valence-corrected chi connectivity index (χ0v) is 10.6.